The average molecular weight is 232 g/mol. The second-order valence-corrected chi connectivity index (χ2v) is 4.22. The van der Waals surface area contributed by atoms with Crippen LogP contribution >= 0.6 is 0 Å². The van der Waals surface area contributed by atoms with Gasteiger partial charge in [-0.1, -0.05) is 13.8 Å². The Morgan fingerprint density at radius 1 is 1.35 bits per heavy atom. The number of pyridine rings is 1. The fourth-order valence-electron chi connectivity index (χ4n) is 1.58. The number of rotatable bonds is 5. The Bertz CT molecular complexity index is 422. The van der Waals surface area contributed by atoms with Crippen LogP contribution in [0.1, 0.15) is 31.4 Å². The molecule has 0 aliphatic carbocycles. The first-order chi connectivity index (χ1) is 8.08. The zero-order chi connectivity index (χ0) is 12.8. The van der Waals surface area contributed by atoms with Crippen molar-refractivity contribution in [2.45, 2.75) is 26.7 Å². The average Bonchev–Trinajstić information content (AvgIpc) is 2.35. The highest BCUT2D eigenvalue weighted by Gasteiger charge is 2.11. The molecule has 0 saturated heterocycles. The summed E-state index contributed by atoms with van der Waals surface area (Å²) in [6.45, 7) is 3.96. The van der Waals surface area contributed by atoms with Gasteiger partial charge in [0.25, 0.3) is 0 Å². The molecule has 0 aliphatic rings. The summed E-state index contributed by atoms with van der Waals surface area (Å²) in [5.41, 5.74) is 2.79. The number of aryl methyl sites for hydroxylation is 1. The molecule has 3 heteroatoms. The van der Waals surface area contributed by atoms with Gasteiger partial charge in [0.15, 0.2) is 5.78 Å². The van der Waals surface area contributed by atoms with Crippen LogP contribution in [0.2, 0.25) is 0 Å². The van der Waals surface area contributed by atoms with Crippen molar-refractivity contribution in [3.8, 4) is 0 Å². The summed E-state index contributed by atoms with van der Waals surface area (Å²) < 4.78 is 0. The molecule has 1 rings (SSSR count). The monoisotopic (exact) mass is 232 g/mol. The van der Waals surface area contributed by atoms with E-state index in [1.165, 1.54) is 0 Å². The summed E-state index contributed by atoms with van der Waals surface area (Å²) in [4.78, 5) is 18.0. The third-order valence-electron chi connectivity index (χ3n) is 2.52. The van der Waals surface area contributed by atoms with Gasteiger partial charge in [0, 0.05) is 50.2 Å². The summed E-state index contributed by atoms with van der Waals surface area (Å²) in [6.07, 6.45) is 6.89. The Balaban J connectivity index is 3.17. The molecular weight excluding hydrogens is 212 g/mol. The van der Waals surface area contributed by atoms with Crippen molar-refractivity contribution >= 4 is 11.4 Å². The Morgan fingerprint density at radius 2 is 2.06 bits per heavy atom. The molecule has 0 saturated carbocycles. The number of carbonyl (C=O) groups excluding carboxylic acids is 1. The van der Waals surface area contributed by atoms with Crippen molar-refractivity contribution in [1.29, 1.82) is 0 Å². The third-order valence-corrected chi connectivity index (χ3v) is 2.52. The van der Waals surface area contributed by atoms with E-state index in [-0.39, 0.29) is 5.78 Å². The molecule has 0 aliphatic heterocycles. The number of hydrogen-bond acceptors (Lipinski definition) is 3. The first-order valence-electron chi connectivity index (χ1n) is 5.94. The Kier molecular flexibility index (Phi) is 4.88. The maximum absolute atomic E-state index is 11.9. The minimum Gasteiger partial charge on any atom is -0.383 e. The van der Waals surface area contributed by atoms with Crippen LogP contribution in [0, 0.1) is 0 Å². The molecule has 0 unspecified atom stereocenters. The van der Waals surface area contributed by atoms with Crippen LogP contribution in [0.4, 0.5) is 0 Å². The normalized spacial score (nSPS) is 11.4. The van der Waals surface area contributed by atoms with Gasteiger partial charge in [0.2, 0.25) is 0 Å². The molecule has 0 spiro atoms. The largest absolute Gasteiger partial charge is 0.383 e. The van der Waals surface area contributed by atoms with Crippen LogP contribution in [0.15, 0.2) is 24.7 Å². The predicted octanol–water partition coefficient (Wildman–Crippen LogP) is 2.53. The molecule has 17 heavy (non-hydrogen) atoms. The van der Waals surface area contributed by atoms with Gasteiger partial charge in [-0.2, -0.15) is 0 Å². The van der Waals surface area contributed by atoms with E-state index in [1.54, 1.807) is 6.20 Å². The van der Waals surface area contributed by atoms with Crippen molar-refractivity contribution in [1.82, 2.24) is 9.88 Å². The van der Waals surface area contributed by atoms with Crippen molar-refractivity contribution in [3.63, 3.8) is 0 Å². The molecule has 0 bridgehead atoms. The van der Waals surface area contributed by atoms with Gasteiger partial charge in [-0.05, 0) is 18.1 Å². The Labute approximate surface area is 103 Å². The molecule has 1 aromatic rings. The summed E-state index contributed by atoms with van der Waals surface area (Å²) in [7, 11) is 3.83. The first kappa shape index (κ1) is 13.4. The Morgan fingerprint density at radius 3 is 2.59 bits per heavy atom. The molecule has 3 nitrogen and oxygen atoms in total. The van der Waals surface area contributed by atoms with Crippen molar-refractivity contribution in [2.24, 2.45) is 0 Å². The Hall–Kier alpha value is -1.64. The molecule has 0 N–H and O–H groups in total. The topological polar surface area (TPSA) is 33.2 Å². The van der Waals surface area contributed by atoms with E-state index in [2.05, 4.69) is 11.9 Å². The molecule has 1 heterocycles. The highest BCUT2D eigenvalue weighted by molar-refractivity contribution is 6.20. The summed E-state index contributed by atoms with van der Waals surface area (Å²) in [5, 5.41) is 0. The maximum Gasteiger partial charge on any atom is 0.164 e. The second-order valence-electron chi connectivity index (χ2n) is 4.22. The van der Waals surface area contributed by atoms with Gasteiger partial charge in [-0.15, -0.1) is 0 Å². The van der Waals surface area contributed by atoms with Crippen molar-refractivity contribution < 1.29 is 4.79 Å². The summed E-state index contributed by atoms with van der Waals surface area (Å²) in [6, 6.07) is 2.04. The van der Waals surface area contributed by atoms with E-state index in [0.29, 0.717) is 6.42 Å². The molecule has 0 radical (unpaired) electrons. The highest BCUT2D eigenvalue weighted by Crippen LogP contribution is 2.18. The predicted molar refractivity (Wildman–Crippen MR) is 70.6 cm³/mol. The van der Waals surface area contributed by atoms with E-state index in [0.717, 1.165) is 23.1 Å². The van der Waals surface area contributed by atoms with Crippen LogP contribution in [0.3, 0.4) is 0 Å². The van der Waals surface area contributed by atoms with Crippen molar-refractivity contribution in [2.75, 3.05) is 14.1 Å². The lowest BCUT2D eigenvalue weighted by molar-refractivity contribution is -0.113. The van der Waals surface area contributed by atoms with Gasteiger partial charge >= 0.3 is 0 Å². The number of carbonyl (C=O) groups is 1. The summed E-state index contributed by atoms with van der Waals surface area (Å²) in [5.74, 6) is 0.147. The van der Waals surface area contributed by atoms with Gasteiger partial charge in [-0.25, -0.2) is 0 Å². The fourth-order valence-corrected chi connectivity index (χ4v) is 1.58. The number of hydrogen-bond donors (Lipinski definition) is 0. The highest BCUT2D eigenvalue weighted by atomic mass is 16.1. The number of allylic oxidation sites excluding steroid dienone is 1. The minimum atomic E-state index is 0.147. The van der Waals surface area contributed by atoms with E-state index in [9.17, 15) is 4.79 Å². The van der Waals surface area contributed by atoms with Crippen LogP contribution in [-0.2, 0) is 11.2 Å². The van der Waals surface area contributed by atoms with Gasteiger partial charge in [-0.3, -0.25) is 9.78 Å². The number of aromatic nitrogens is 1. The first-order valence-corrected chi connectivity index (χ1v) is 5.94. The molecular formula is C14H20N2O. The lowest BCUT2D eigenvalue weighted by Crippen LogP contribution is -2.08. The van der Waals surface area contributed by atoms with Crippen molar-refractivity contribution in [3.05, 3.63) is 35.8 Å². The maximum atomic E-state index is 11.9. The third kappa shape index (κ3) is 3.70. The number of nitrogens with zero attached hydrogens (tertiary/aromatic N) is 2. The van der Waals surface area contributed by atoms with E-state index in [4.69, 9.17) is 0 Å². The van der Waals surface area contributed by atoms with E-state index >= 15 is 0 Å². The van der Waals surface area contributed by atoms with Crippen LogP contribution < -0.4 is 0 Å². The van der Waals surface area contributed by atoms with Gasteiger partial charge < -0.3 is 4.90 Å². The molecule has 0 amide bonds. The lowest BCUT2D eigenvalue weighted by atomic mass is 10.0. The van der Waals surface area contributed by atoms with Crippen LogP contribution in [0.25, 0.3) is 5.57 Å². The van der Waals surface area contributed by atoms with E-state index < -0.39 is 0 Å². The SMILES string of the molecule is CCC(=O)C(=CN(C)C)c1cncc(CC)c1. The fraction of sp³-hybridized carbons (Fsp3) is 0.429. The van der Waals surface area contributed by atoms with Gasteiger partial charge in [0.1, 0.15) is 0 Å². The smallest absolute Gasteiger partial charge is 0.164 e. The van der Waals surface area contributed by atoms with Crippen LogP contribution in [-0.4, -0.2) is 29.8 Å². The van der Waals surface area contributed by atoms with Crippen LogP contribution in [0.5, 0.6) is 0 Å². The molecule has 0 atom stereocenters. The molecule has 1 aromatic heterocycles. The zero-order valence-electron chi connectivity index (χ0n) is 11.0. The minimum absolute atomic E-state index is 0.147. The molecule has 0 aromatic carbocycles. The van der Waals surface area contributed by atoms with E-state index in [1.807, 2.05) is 44.4 Å². The zero-order valence-corrected chi connectivity index (χ0v) is 11.0. The molecule has 92 valence electrons. The number of Topliss-reactive ketones (excluding diaryl/α,β-unsaturated/α-hetero) is 1. The van der Waals surface area contributed by atoms with Gasteiger partial charge in [0.05, 0.1) is 0 Å². The number of ketones is 1. The molecule has 0 fully saturated rings. The quantitative estimate of drug-likeness (QED) is 0.731. The standard InChI is InChI=1S/C14H20N2O/c1-5-11-7-12(9-15-8-11)13(10-16(3)4)14(17)6-2/h7-10H,5-6H2,1-4H3. The summed E-state index contributed by atoms with van der Waals surface area (Å²) >= 11 is 0. The lowest BCUT2D eigenvalue weighted by Gasteiger charge is -2.11. The second kappa shape index (κ2) is 6.18.